The van der Waals surface area contributed by atoms with Gasteiger partial charge < -0.3 is 4.79 Å². The van der Waals surface area contributed by atoms with Gasteiger partial charge in [0.15, 0.2) is 0 Å². The predicted molar refractivity (Wildman–Crippen MR) is 125 cm³/mol. The molecule has 0 heterocycles. The Morgan fingerprint density at radius 1 is 0.929 bits per heavy atom. The monoisotopic (exact) mass is 376 g/mol. The van der Waals surface area contributed by atoms with Gasteiger partial charge in [-0.25, -0.2) is 0 Å². The van der Waals surface area contributed by atoms with Crippen LogP contribution >= 0.6 is 0 Å². The fourth-order valence-corrected chi connectivity index (χ4v) is 2.39. The highest BCUT2D eigenvalue weighted by Gasteiger charge is 1.95. The summed E-state index contributed by atoms with van der Waals surface area (Å²) < 4.78 is 0. The zero-order valence-corrected chi connectivity index (χ0v) is 18.5. The number of ketones is 1. The van der Waals surface area contributed by atoms with Gasteiger partial charge >= 0.3 is 0 Å². The van der Waals surface area contributed by atoms with Crippen LogP contribution in [0.15, 0.2) is 85.0 Å². The molecule has 0 unspecified atom stereocenters. The third kappa shape index (κ3) is 14.5. The second-order valence-electron chi connectivity index (χ2n) is 6.99. The number of allylic oxidation sites excluding steroid dienone is 5. The molecule has 0 radical (unpaired) electrons. The number of Topliss-reactive ketones (excluding diaryl/α,β-unsaturated/α-hetero) is 1. The van der Waals surface area contributed by atoms with E-state index in [0.29, 0.717) is 6.42 Å². The lowest BCUT2D eigenvalue weighted by atomic mass is 10.1. The van der Waals surface area contributed by atoms with Gasteiger partial charge in [0.25, 0.3) is 0 Å². The molecule has 0 atom stereocenters. The molecule has 0 aromatic heterocycles. The molecule has 0 saturated heterocycles. The highest BCUT2D eigenvalue weighted by atomic mass is 16.1. The Bertz CT molecular complexity index is 744. The second-order valence-corrected chi connectivity index (χ2v) is 6.99. The first-order valence-corrected chi connectivity index (χ1v) is 9.78. The quantitative estimate of drug-likeness (QED) is 0.493. The van der Waals surface area contributed by atoms with Gasteiger partial charge in [0.2, 0.25) is 0 Å². The maximum atomic E-state index is 10.7. The minimum absolute atomic E-state index is 0.260. The van der Waals surface area contributed by atoms with E-state index in [2.05, 4.69) is 75.9 Å². The summed E-state index contributed by atoms with van der Waals surface area (Å²) in [4.78, 5) is 10.7. The molecule has 1 nitrogen and oxygen atoms in total. The molecule has 2 aromatic carbocycles. The van der Waals surface area contributed by atoms with Gasteiger partial charge in [-0.15, -0.1) is 0 Å². The molecule has 2 rings (SSSR count). The maximum Gasteiger partial charge on any atom is 0.130 e. The highest BCUT2D eigenvalue weighted by molar-refractivity contribution is 5.75. The Kier molecular flexibility index (Phi) is 13.9. The molecule has 0 aliphatic rings. The zero-order valence-electron chi connectivity index (χ0n) is 18.5. The summed E-state index contributed by atoms with van der Waals surface area (Å²) >= 11 is 0. The summed E-state index contributed by atoms with van der Waals surface area (Å²) in [6.45, 7) is 15.5. The van der Waals surface area contributed by atoms with E-state index in [0.717, 1.165) is 6.42 Å². The van der Waals surface area contributed by atoms with E-state index in [1.54, 1.807) is 13.0 Å². The molecule has 0 aliphatic heterocycles. The average molecular weight is 377 g/mol. The first-order valence-electron chi connectivity index (χ1n) is 9.78. The minimum Gasteiger partial charge on any atom is -0.300 e. The van der Waals surface area contributed by atoms with Gasteiger partial charge in [-0.2, -0.15) is 0 Å². The van der Waals surface area contributed by atoms with E-state index in [9.17, 15) is 4.79 Å². The van der Waals surface area contributed by atoms with Crippen LogP contribution < -0.4 is 0 Å². The Hall–Kier alpha value is -2.67. The SMILES string of the molecule is C=C/C=C(C)\C=C/C.CC(=O)CCc1ccc(C)cc1.Cc1cccc(C)c1. The summed E-state index contributed by atoms with van der Waals surface area (Å²) in [6.07, 6.45) is 9.34. The van der Waals surface area contributed by atoms with Crippen LogP contribution in [0.25, 0.3) is 0 Å². The Morgan fingerprint density at radius 3 is 1.89 bits per heavy atom. The number of carbonyl (C=O) groups excluding carboxylic acids is 1. The minimum atomic E-state index is 0.260. The molecule has 0 bridgehead atoms. The molecule has 0 amide bonds. The first kappa shape index (κ1) is 25.3. The fraction of sp³-hybridized carbons (Fsp3) is 0.296. The number of hydrogen-bond donors (Lipinski definition) is 0. The molecule has 28 heavy (non-hydrogen) atoms. The van der Waals surface area contributed by atoms with Crippen LogP contribution in [0.1, 0.15) is 49.4 Å². The van der Waals surface area contributed by atoms with Gasteiger partial charge in [-0.1, -0.05) is 102 Å². The van der Waals surface area contributed by atoms with Crippen molar-refractivity contribution in [2.75, 3.05) is 0 Å². The maximum absolute atomic E-state index is 10.7. The molecule has 0 fully saturated rings. The number of aryl methyl sites for hydroxylation is 4. The summed E-state index contributed by atoms with van der Waals surface area (Å²) in [5.41, 5.74) is 6.43. The lowest BCUT2D eigenvalue weighted by Crippen LogP contribution is -1.93. The molecule has 1 heteroatoms. The number of carbonyl (C=O) groups is 1. The predicted octanol–water partition coefficient (Wildman–Crippen LogP) is 7.51. The Labute approximate surface area is 172 Å². The standard InChI is InChI=1S/C11H14O.C8H10.C8H12/c1-9-3-6-11(7-4-9)8-5-10(2)12;1-7-4-3-5-8(2)6-7;1-4-6-8(3)7-5-2/h3-4,6-7H,5,8H2,1-2H3;3-6H,1-2H3;4-7H,1H2,2-3H3/b;;7-5-,8-6-. The number of hydrogen-bond acceptors (Lipinski definition) is 1. The van der Waals surface area contributed by atoms with Crippen molar-refractivity contribution in [3.05, 3.63) is 107 Å². The summed E-state index contributed by atoms with van der Waals surface area (Å²) in [7, 11) is 0. The van der Waals surface area contributed by atoms with Gasteiger partial charge in [0.05, 0.1) is 0 Å². The van der Waals surface area contributed by atoms with Crippen LogP contribution in [-0.2, 0) is 11.2 Å². The molecule has 150 valence electrons. The Balaban J connectivity index is 0.000000405. The molecular weight excluding hydrogens is 340 g/mol. The fourth-order valence-electron chi connectivity index (χ4n) is 2.39. The molecule has 0 spiro atoms. The van der Waals surface area contributed by atoms with E-state index in [1.165, 1.54) is 27.8 Å². The first-order chi connectivity index (χ1) is 13.3. The van der Waals surface area contributed by atoms with E-state index in [-0.39, 0.29) is 5.78 Å². The zero-order chi connectivity index (χ0) is 21.4. The normalized spacial score (nSPS) is 10.4. The van der Waals surface area contributed by atoms with E-state index in [4.69, 9.17) is 0 Å². The van der Waals surface area contributed by atoms with Crippen LogP contribution in [0.4, 0.5) is 0 Å². The lowest BCUT2D eigenvalue weighted by Gasteiger charge is -1.98. The largest absolute Gasteiger partial charge is 0.300 e. The molecular formula is C27H36O. The van der Waals surface area contributed by atoms with Crippen molar-refractivity contribution < 1.29 is 4.79 Å². The Morgan fingerprint density at radius 2 is 1.50 bits per heavy atom. The number of benzene rings is 2. The topological polar surface area (TPSA) is 17.1 Å². The molecule has 2 aromatic rings. The van der Waals surface area contributed by atoms with Gasteiger partial charge in [0, 0.05) is 6.42 Å². The van der Waals surface area contributed by atoms with Crippen LogP contribution in [0.5, 0.6) is 0 Å². The van der Waals surface area contributed by atoms with Crippen molar-refractivity contribution in [2.45, 2.75) is 54.4 Å². The van der Waals surface area contributed by atoms with Crippen LogP contribution in [0.2, 0.25) is 0 Å². The third-order valence-corrected chi connectivity index (χ3v) is 3.87. The van der Waals surface area contributed by atoms with E-state index >= 15 is 0 Å². The van der Waals surface area contributed by atoms with Crippen molar-refractivity contribution >= 4 is 5.78 Å². The molecule has 0 saturated carbocycles. The summed E-state index contributed by atoms with van der Waals surface area (Å²) in [5.74, 6) is 0.260. The molecule has 0 N–H and O–H groups in total. The average Bonchev–Trinajstić information content (AvgIpc) is 2.62. The van der Waals surface area contributed by atoms with E-state index < -0.39 is 0 Å². The van der Waals surface area contributed by atoms with Crippen molar-refractivity contribution in [2.24, 2.45) is 0 Å². The van der Waals surface area contributed by atoms with Crippen LogP contribution in [-0.4, -0.2) is 5.78 Å². The van der Waals surface area contributed by atoms with Gasteiger partial charge in [-0.3, -0.25) is 0 Å². The van der Waals surface area contributed by atoms with Crippen molar-refractivity contribution in [3.63, 3.8) is 0 Å². The molecule has 0 aliphatic carbocycles. The van der Waals surface area contributed by atoms with Gasteiger partial charge in [-0.05, 0) is 53.5 Å². The smallest absolute Gasteiger partial charge is 0.130 e. The van der Waals surface area contributed by atoms with Crippen LogP contribution in [0.3, 0.4) is 0 Å². The van der Waals surface area contributed by atoms with Crippen molar-refractivity contribution in [1.29, 1.82) is 0 Å². The lowest BCUT2D eigenvalue weighted by molar-refractivity contribution is -0.116. The van der Waals surface area contributed by atoms with Crippen molar-refractivity contribution in [3.8, 4) is 0 Å². The highest BCUT2D eigenvalue weighted by Crippen LogP contribution is 2.05. The van der Waals surface area contributed by atoms with Crippen molar-refractivity contribution in [1.82, 2.24) is 0 Å². The van der Waals surface area contributed by atoms with Gasteiger partial charge in [0.1, 0.15) is 5.78 Å². The number of rotatable bonds is 5. The summed E-state index contributed by atoms with van der Waals surface area (Å²) in [5, 5.41) is 0. The second kappa shape index (κ2) is 15.4. The van der Waals surface area contributed by atoms with Crippen LogP contribution in [0, 0.1) is 20.8 Å². The summed E-state index contributed by atoms with van der Waals surface area (Å²) in [6, 6.07) is 16.8. The van der Waals surface area contributed by atoms with E-state index in [1.807, 2.05) is 32.1 Å². The third-order valence-electron chi connectivity index (χ3n) is 3.87.